The van der Waals surface area contributed by atoms with Crippen LogP contribution in [-0.4, -0.2) is 77.0 Å². The van der Waals surface area contributed by atoms with Crippen LogP contribution >= 0.6 is 0 Å². The van der Waals surface area contributed by atoms with Crippen LogP contribution in [0.2, 0.25) is 0 Å². The van der Waals surface area contributed by atoms with Gasteiger partial charge in [0.2, 0.25) is 10.0 Å². The minimum Gasteiger partial charge on any atom is -0.355 e. The molecule has 25 heavy (non-hydrogen) atoms. The molecule has 0 saturated carbocycles. The van der Waals surface area contributed by atoms with E-state index in [-0.39, 0.29) is 16.8 Å². The number of hydrogen-bond acceptors (Lipinski definition) is 5. The van der Waals surface area contributed by atoms with Crippen molar-refractivity contribution in [1.82, 2.24) is 19.8 Å². The zero-order chi connectivity index (χ0) is 18.4. The first-order valence-electron chi connectivity index (χ1n) is 8.61. The van der Waals surface area contributed by atoms with E-state index >= 15 is 0 Å². The Hall–Kier alpha value is -1.48. The summed E-state index contributed by atoms with van der Waals surface area (Å²) in [6.45, 7) is 6.39. The quantitative estimate of drug-likeness (QED) is 0.726. The average Bonchev–Trinajstić information content (AvgIpc) is 2.63. The van der Waals surface area contributed by atoms with Gasteiger partial charge < -0.3 is 10.2 Å². The first-order chi connectivity index (χ1) is 11.9. The zero-order valence-corrected chi connectivity index (χ0v) is 16.0. The Morgan fingerprint density at radius 2 is 1.76 bits per heavy atom. The molecule has 1 heterocycles. The third-order valence-corrected chi connectivity index (χ3v) is 6.13. The molecular formula is C17H28N4O3S. The van der Waals surface area contributed by atoms with E-state index in [1.165, 1.54) is 31.3 Å². The summed E-state index contributed by atoms with van der Waals surface area (Å²) in [5, 5.41) is 2.51. The van der Waals surface area contributed by atoms with Gasteiger partial charge in [-0.2, -0.15) is 0 Å². The van der Waals surface area contributed by atoms with E-state index in [2.05, 4.69) is 33.8 Å². The number of amides is 1. The number of carbonyl (C=O) groups excluding carboxylic acids is 1. The summed E-state index contributed by atoms with van der Waals surface area (Å²) in [6, 6.07) is 6.15. The largest absolute Gasteiger partial charge is 0.355 e. The number of nitrogens with zero attached hydrogens (tertiary/aromatic N) is 2. The molecule has 1 aromatic rings. The van der Waals surface area contributed by atoms with Gasteiger partial charge in [-0.3, -0.25) is 9.69 Å². The highest BCUT2D eigenvalue weighted by Gasteiger charge is 2.23. The Morgan fingerprint density at radius 3 is 2.28 bits per heavy atom. The lowest BCUT2D eigenvalue weighted by atomic mass is 10.1. The SMILES string of the molecule is CCC(CNS(=O)(=O)c1ccc(C(=O)NC)cc1)N1CCN(C)CC1. The van der Waals surface area contributed by atoms with Gasteiger partial charge >= 0.3 is 0 Å². The topological polar surface area (TPSA) is 81.7 Å². The first kappa shape index (κ1) is 19.8. The Balaban J connectivity index is 1.98. The molecule has 0 radical (unpaired) electrons. The van der Waals surface area contributed by atoms with Gasteiger partial charge in [0.05, 0.1) is 4.90 Å². The van der Waals surface area contributed by atoms with E-state index in [9.17, 15) is 13.2 Å². The van der Waals surface area contributed by atoms with Crippen molar-refractivity contribution in [3.63, 3.8) is 0 Å². The summed E-state index contributed by atoms with van der Waals surface area (Å²) in [7, 11) is 0.0573. The Labute approximate surface area is 150 Å². The van der Waals surface area contributed by atoms with Crippen LogP contribution in [0.1, 0.15) is 23.7 Å². The van der Waals surface area contributed by atoms with Gasteiger partial charge in [-0.25, -0.2) is 13.1 Å². The fourth-order valence-corrected chi connectivity index (χ4v) is 4.01. The maximum Gasteiger partial charge on any atom is 0.251 e. The van der Waals surface area contributed by atoms with Crippen LogP contribution in [-0.2, 0) is 10.0 Å². The minimum atomic E-state index is -3.58. The summed E-state index contributed by atoms with van der Waals surface area (Å²) in [4.78, 5) is 16.3. The fourth-order valence-electron chi connectivity index (χ4n) is 2.94. The van der Waals surface area contributed by atoms with Crippen LogP contribution in [0.15, 0.2) is 29.2 Å². The molecule has 1 aliphatic rings. The number of nitrogens with one attached hydrogen (secondary N) is 2. The maximum atomic E-state index is 12.5. The molecule has 0 aromatic heterocycles. The minimum absolute atomic E-state index is 0.174. The van der Waals surface area contributed by atoms with Gasteiger partial charge in [-0.15, -0.1) is 0 Å². The van der Waals surface area contributed by atoms with Gasteiger partial charge in [0.25, 0.3) is 5.91 Å². The molecule has 1 saturated heterocycles. The maximum absolute atomic E-state index is 12.5. The number of carbonyl (C=O) groups is 1. The molecular weight excluding hydrogens is 340 g/mol. The van der Waals surface area contributed by atoms with Crippen LogP contribution in [0.4, 0.5) is 0 Å². The van der Waals surface area contributed by atoms with Crippen molar-refractivity contribution >= 4 is 15.9 Å². The van der Waals surface area contributed by atoms with Crippen molar-refractivity contribution in [3.8, 4) is 0 Å². The number of piperazine rings is 1. The molecule has 1 aromatic carbocycles. The van der Waals surface area contributed by atoms with Crippen molar-refractivity contribution in [1.29, 1.82) is 0 Å². The smallest absolute Gasteiger partial charge is 0.251 e. The normalized spacial score (nSPS) is 18.0. The molecule has 1 amide bonds. The Morgan fingerprint density at radius 1 is 1.16 bits per heavy atom. The van der Waals surface area contributed by atoms with E-state index in [1.54, 1.807) is 0 Å². The number of benzene rings is 1. The summed E-state index contributed by atoms with van der Waals surface area (Å²) < 4.78 is 27.7. The summed E-state index contributed by atoms with van der Waals surface area (Å²) in [5.74, 6) is -0.238. The predicted molar refractivity (Wildman–Crippen MR) is 98.2 cm³/mol. The number of hydrogen-bond donors (Lipinski definition) is 2. The third-order valence-electron chi connectivity index (χ3n) is 4.69. The van der Waals surface area contributed by atoms with Gasteiger partial charge in [-0.05, 0) is 37.7 Å². The molecule has 2 rings (SSSR count). The summed E-state index contributed by atoms with van der Waals surface area (Å²) >= 11 is 0. The standard InChI is InChI=1S/C17H28N4O3S/c1-4-15(21-11-9-20(3)10-12-21)13-19-25(23,24)16-7-5-14(6-8-16)17(22)18-2/h5-8,15,19H,4,9-13H2,1-3H3,(H,18,22). The number of rotatable bonds is 7. The highest BCUT2D eigenvalue weighted by molar-refractivity contribution is 7.89. The predicted octanol–water partition coefficient (Wildman–Crippen LogP) is 0.351. The molecule has 1 atom stereocenters. The van der Waals surface area contributed by atoms with Gasteiger partial charge in [0.1, 0.15) is 0 Å². The van der Waals surface area contributed by atoms with Crippen molar-refractivity contribution in [3.05, 3.63) is 29.8 Å². The molecule has 7 nitrogen and oxygen atoms in total. The van der Waals surface area contributed by atoms with Crippen molar-refractivity contribution in [2.24, 2.45) is 0 Å². The second-order valence-electron chi connectivity index (χ2n) is 6.36. The second-order valence-corrected chi connectivity index (χ2v) is 8.12. The summed E-state index contributed by atoms with van der Waals surface area (Å²) in [6.07, 6.45) is 0.891. The number of sulfonamides is 1. The molecule has 0 spiro atoms. The van der Waals surface area contributed by atoms with E-state index in [0.29, 0.717) is 12.1 Å². The van der Waals surface area contributed by atoms with Crippen LogP contribution in [0, 0.1) is 0 Å². The Kier molecular flexibility index (Phi) is 6.95. The first-order valence-corrected chi connectivity index (χ1v) is 10.1. The van der Waals surface area contributed by atoms with E-state index in [0.717, 1.165) is 32.6 Å². The highest BCUT2D eigenvalue weighted by atomic mass is 32.2. The van der Waals surface area contributed by atoms with E-state index in [4.69, 9.17) is 0 Å². The molecule has 1 fully saturated rings. The fraction of sp³-hybridized carbons (Fsp3) is 0.588. The lowest BCUT2D eigenvalue weighted by Crippen LogP contribution is -2.52. The molecule has 2 N–H and O–H groups in total. The van der Waals surface area contributed by atoms with Crippen LogP contribution in [0.25, 0.3) is 0 Å². The monoisotopic (exact) mass is 368 g/mol. The Bertz CT molecular complexity index is 668. The third kappa shape index (κ3) is 5.24. The molecule has 1 aliphatic heterocycles. The van der Waals surface area contributed by atoms with Crippen LogP contribution in [0.3, 0.4) is 0 Å². The lowest BCUT2D eigenvalue weighted by Gasteiger charge is -2.37. The molecule has 1 unspecified atom stereocenters. The lowest BCUT2D eigenvalue weighted by molar-refractivity contribution is 0.0963. The van der Waals surface area contributed by atoms with Crippen molar-refractivity contribution < 1.29 is 13.2 Å². The van der Waals surface area contributed by atoms with Gasteiger partial charge in [0, 0.05) is 51.4 Å². The van der Waals surface area contributed by atoms with Crippen molar-refractivity contribution in [2.75, 3.05) is 46.8 Å². The van der Waals surface area contributed by atoms with E-state index < -0.39 is 10.0 Å². The average molecular weight is 369 g/mol. The van der Waals surface area contributed by atoms with Crippen LogP contribution in [0.5, 0.6) is 0 Å². The van der Waals surface area contributed by atoms with Gasteiger partial charge in [-0.1, -0.05) is 6.92 Å². The van der Waals surface area contributed by atoms with Gasteiger partial charge in [0.15, 0.2) is 0 Å². The molecule has 0 aliphatic carbocycles. The molecule has 8 heteroatoms. The molecule has 140 valence electrons. The second kappa shape index (κ2) is 8.75. The zero-order valence-electron chi connectivity index (χ0n) is 15.2. The van der Waals surface area contributed by atoms with Crippen LogP contribution < -0.4 is 10.0 Å². The number of likely N-dealkylation sites (N-methyl/N-ethyl adjacent to an activating group) is 1. The summed E-state index contributed by atoms with van der Waals surface area (Å²) in [5.41, 5.74) is 0.435. The highest BCUT2D eigenvalue weighted by Crippen LogP contribution is 2.12. The molecule has 0 bridgehead atoms. The van der Waals surface area contributed by atoms with Crippen molar-refractivity contribution in [2.45, 2.75) is 24.3 Å². The van der Waals surface area contributed by atoms with E-state index in [1.807, 2.05) is 0 Å².